The number of rotatable bonds is 5. The Morgan fingerprint density at radius 2 is 2.18 bits per heavy atom. The molecule has 0 heterocycles. The van der Waals surface area contributed by atoms with Crippen LogP contribution < -0.4 is 10.6 Å². The van der Waals surface area contributed by atoms with E-state index in [0.717, 1.165) is 12.2 Å². The highest BCUT2D eigenvalue weighted by molar-refractivity contribution is 14.1. The van der Waals surface area contributed by atoms with E-state index in [1.807, 2.05) is 32.0 Å². The molecule has 1 atom stereocenters. The molecule has 3 nitrogen and oxygen atoms in total. The number of nitrogens with one attached hydrogen (secondary N) is 2. The minimum Gasteiger partial charge on any atom is -0.326 e. The number of halogens is 1. The number of hydrogen-bond donors (Lipinski definition) is 2. The maximum absolute atomic E-state index is 11.7. The summed E-state index contributed by atoms with van der Waals surface area (Å²) in [6.07, 6.45) is 0.498. The number of aryl methyl sites for hydroxylation is 1. The molecule has 0 aliphatic rings. The predicted octanol–water partition coefficient (Wildman–Crippen LogP) is 2.93. The van der Waals surface area contributed by atoms with Gasteiger partial charge in [-0.1, -0.05) is 13.0 Å². The van der Waals surface area contributed by atoms with Gasteiger partial charge in [0, 0.05) is 21.7 Å². The lowest BCUT2D eigenvalue weighted by Gasteiger charge is -2.12. The summed E-state index contributed by atoms with van der Waals surface area (Å²) in [5.74, 6) is 0.0538. The molecular weight excluding hydrogens is 327 g/mol. The van der Waals surface area contributed by atoms with Crippen molar-refractivity contribution in [1.29, 1.82) is 0 Å². The zero-order valence-electron chi connectivity index (χ0n) is 10.5. The summed E-state index contributed by atoms with van der Waals surface area (Å²) in [5.41, 5.74) is 2.10. The lowest BCUT2D eigenvalue weighted by molar-refractivity contribution is -0.116. The monoisotopic (exact) mass is 346 g/mol. The van der Waals surface area contributed by atoms with E-state index in [4.69, 9.17) is 0 Å². The third-order valence-electron chi connectivity index (χ3n) is 2.50. The van der Waals surface area contributed by atoms with E-state index in [0.29, 0.717) is 6.42 Å². The topological polar surface area (TPSA) is 41.1 Å². The van der Waals surface area contributed by atoms with Crippen molar-refractivity contribution in [3.63, 3.8) is 0 Å². The third-order valence-corrected chi connectivity index (χ3v) is 3.66. The first-order chi connectivity index (χ1) is 8.02. The van der Waals surface area contributed by atoms with E-state index in [1.54, 1.807) is 0 Å². The molecular formula is C13H19IN2O. The maximum atomic E-state index is 11.7. The molecule has 0 saturated carbocycles. The summed E-state index contributed by atoms with van der Waals surface area (Å²) in [4.78, 5) is 11.7. The molecule has 94 valence electrons. The lowest BCUT2D eigenvalue weighted by atomic mass is 10.2. The molecule has 1 aromatic carbocycles. The minimum absolute atomic E-state index is 0.0538. The molecule has 2 N–H and O–H groups in total. The van der Waals surface area contributed by atoms with E-state index in [1.165, 1.54) is 9.13 Å². The van der Waals surface area contributed by atoms with Gasteiger partial charge in [0.05, 0.1) is 0 Å². The highest BCUT2D eigenvalue weighted by atomic mass is 127. The number of carbonyl (C=O) groups excluding carboxylic acids is 1. The number of carbonyl (C=O) groups is 1. The molecule has 0 aliphatic carbocycles. The van der Waals surface area contributed by atoms with Crippen molar-refractivity contribution < 1.29 is 4.79 Å². The second-order valence-electron chi connectivity index (χ2n) is 4.17. The van der Waals surface area contributed by atoms with Crippen molar-refractivity contribution in [2.45, 2.75) is 33.2 Å². The third kappa shape index (κ3) is 5.04. The van der Waals surface area contributed by atoms with Gasteiger partial charge in [-0.3, -0.25) is 4.79 Å². The molecule has 1 unspecified atom stereocenters. The molecule has 0 aromatic heterocycles. The van der Waals surface area contributed by atoms with Crippen LogP contribution in [0.2, 0.25) is 0 Å². The molecule has 0 saturated heterocycles. The molecule has 0 bridgehead atoms. The number of hydrogen-bond acceptors (Lipinski definition) is 2. The standard InChI is InChI=1S/C13H19IN2O/c1-4-15-10(3)7-13(17)16-11-6-5-9(2)12(14)8-11/h5-6,8,10,15H,4,7H2,1-3H3,(H,16,17). The van der Waals surface area contributed by atoms with E-state index in [2.05, 4.69) is 40.1 Å². The summed E-state index contributed by atoms with van der Waals surface area (Å²) in [5, 5.41) is 6.14. The summed E-state index contributed by atoms with van der Waals surface area (Å²) in [7, 11) is 0. The van der Waals surface area contributed by atoms with Gasteiger partial charge in [-0.25, -0.2) is 0 Å². The van der Waals surface area contributed by atoms with Gasteiger partial charge in [-0.15, -0.1) is 0 Å². The van der Waals surface area contributed by atoms with Crippen LogP contribution in [0.4, 0.5) is 5.69 Å². The fraction of sp³-hybridized carbons (Fsp3) is 0.462. The molecule has 0 aliphatic heterocycles. The van der Waals surface area contributed by atoms with Crippen molar-refractivity contribution in [2.75, 3.05) is 11.9 Å². The lowest BCUT2D eigenvalue weighted by Crippen LogP contribution is -2.30. The number of benzene rings is 1. The normalized spacial score (nSPS) is 12.2. The number of amides is 1. The fourth-order valence-electron chi connectivity index (χ4n) is 1.58. The van der Waals surface area contributed by atoms with E-state index >= 15 is 0 Å². The van der Waals surface area contributed by atoms with Gasteiger partial charge in [-0.05, 0) is 60.7 Å². The average Bonchev–Trinajstić information content (AvgIpc) is 2.23. The summed E-state index contributed by atoms with van der Waals surface area (Å²) < 4.78 is 1.17. The van der Waals surface area contributed by atoms with Crippen molar-refractivity contribution >= 4 is 34.2 Å². The molecule has 0 radical (unpaired) electrons. The second kappa shape index (κ2) is 6.96. The summed E-state index contributed by atoms with van der Waals surface area (Å²) >= 11 is 2.27. The fourth-order valence-corrected chi connectivity index (χ4v) is 2.10. The van der Waals surface area contributed by atoms with Crippen LogP contribution in [0.15, 0.2) is 18.2 Å². The Labute approximate surface area is 117 Å². The Hall–Kier alpha value is -0.620. The Morgan fingerprint density at radius 3 is 2.76 bits per heavy atom. The van der Waals surface area contributed by atoms with Gasteiger partial charge < -0.3 is 10.6 Å². The van der Waals surface area contributed by atoms with Gasteiger partial charge in [0.1, 0.15) is 0 Å². The van der Waals surface area contributed by atoms with E-state index in [-0.39, 0.29) is 11.9 Å². The van der Waals surface area contributed by atoms with Crippen molar-refractivity contribution in [2.24, 2.45) is 0 Å². The first-order valence-corrected chi connectivity index (χ1v) is 6.90. The molecule has 1 amide bonds. The van der Waals surface area contributed by atoms with Gasteiger partial charge in [-0.2, -0.15) is 0 Å². The first kappa shape index (κ1) is 14.4. The quantitative estimate of drug-likeness (QED) is 0.805. The molecule has 0 spiro atoms. The molecule has 4 heteroatoms. The second-order valence-corrected chi connectivity index (χ2v) is 5.34. The van der Waals surface area contributed by atoms with Crippen LogP contribution >= 0.6 is 22.6 Å². The van der Waals surface area contributed by atoms with Crippen molar-refractivity contribution in [3.05, 3.63) is 27.3 Å². The van der Waals surface area contributed by atoms with E-state index < -0.39 is 0 Å². The zero-order chi connectivity index (χ0) is 12.8. The van der Waals surface area contributed by atoms with E-state index in [9.17, 15) is 4.79 Å². The van der Waals surface area contributed by atoms with Crippen LogP contribution in [0.5, 0.6) is 0 Å². The molecule has 1 rings (SSSR count). The highest BCUT2D eigenvalue weighted by Crippen LogP contribution is 2.17. The SMILES string of the molecule is CCNC(C)CC(=O)Nc1ccc(C)c(I)c1. The summed E-state index contributed by atoms with van der Waals surface area (Å²) in [6, 6.07) is 6.16. The Balaban J connectivity index is 2.53. The smallest absolute Gasteiger partial charge is 0.225 e. The van der Waals surface area contributed by atoms with Gasteiger partial charge >= 0.3 is 0 Å². The van der Waals surface area contributed by atoms with Crippen LogP contribution in [0, 0.1) is 10.5 Å². The predicted molar refractivity (Wildman–Crippen MR) is 80.3 cm³/mol. The zero-order valence-corrected chi connectivity index (χ0v) is 12.7. The molecule has 0 fully saturated rings. The Bertz CT molecular complexity index is 393. The largest absolute Gasteiger partial charge is 0.326 e. The maximum Gasteiger partial charge on any atom is 0.225 e. The first-order valence-electron chi connectivity index (χ1n) is 5.82. The van der Waals surface area contributed by atoms with Gasteiger partial charge in [0.2, 0.25) is 5.91 Å². The van der Waals surface area contributed by atoms with Crippen LogP contribution in [-0.2, 0) is 4.79 Å². The van der Waals surface area contributed by atoms with Crippen molar-refractivity contribution in [1.82, 2.24) is 5.32 Å². The molecule has 17 heavy (non-hydrogen) atoms. The number of anilines is 1. The van der Waals surface area contributed by atoms with Crippen LogP contribution in [-0.4, -0.2) is 18.5 Å². The molecule has 1 aromatic rings. The van der Waals surface area contributed by atoms with Crippen LogP contribution in [0.1, 0.15) is 25.8 Å². The minimum atomic E-state index is 0.0538. The average molecular weight is 346 g/mol. The van der Waals surface area contributed by atoms with Crippen LogP contribution in [0.3, 0.4) is 0 Å². The summed E-state index contributed by atoms with van der Waals surface area (Å²) in [6.45, 7) is 7.00. The Kier molecular flexibility index (Phi) is 5.91. The van der Waals surface area contributed by atoms with Gasteiger partial charge in [0.25, 0.3) is 0 Å². The van der Waals surface area contributed by atoms with Gasteiger partial charge in [0.15, 0.2) is 0 Å². The van der Waals surface area contributed by atoms with Crippen LogP contribution in [0.25, 0.3) is 0 Å². The Morgan fingerprint density at radius 1 is 1.47 bits per heavy atom. The van der Waals surface area contributed by atoms with Crippen molar-refractivity contribution in [3.8, 4) is 0 Å². The highest BCUT2D eigenvalue weighted by Gasteiger charge is 2.08.